The van der Waals surface area contributed by atoms with Gasteiger partial charge in [0.1, 0.15) is 16.5 Å². The summed E-state index contributed by atoms with van der Waals surface area (Å²) >= 11 is 0. The van der Waals surface area contributed by atoms with E-state index in [2.05, 4.69) is 0 Å². The molecule has 0 aliphatic carbocycles. The van der Waals surface area contributed by atoms with Crippen molar-refractivity contribution in [2.24, 2.45) is 0 Å². The maximum absolute atomic E-state index is 13.7. The molecule has 1 saturated heterocycles. The van der Waals surface area contributed by atoms with Crippen LogP contribution in [-0.4, -0.2) is 25.3 Å². The average molecular weight is 289 g/mol. The van der Waals surface area contributed by atoms with Gasteiger partial charge in [0.15, 0.2) is 0 Å². The van der Waals surface area contributed by atoms with E-state index in [9.17, 15) is 17.2 Å². The molecule has 2 rings (SSSR count). The predicted octanol–water partition coefficient (Wildman–Crippen LogP) is 2.92. The van der Waals surface area contributed by atoms with Crippen molar-refractivity contribution in [3.63, 3.8) is 0 Å². The van der Waals surface area contributed by atoms with Gasteiger partial charge in [-0.15, -0.1) is 0 Å². The molecule has 0 saturated carbocycles. The minimum Gasteiger partial charge on any atom is -0.207 e. The first kappa shape index (κ1) is 14.4. The van der Waals surface area contributed by atoms with E-state index in [0.717, 1.165) is 37.5 Å². The number of benzene rings is 1. The lowest BCUT2D eigenvalue weighted by molar-refractivity contribution is 0.246. The van der Waals surface area contributed by atoms with Crippen molar-refractivity contribution in [3.05, 3.63) is 29.8 Å². The molecule has 0 bridgehead atoms. The van der Waals surface area contributed by atoms with Crippen LogP contribution in [0.2, 0.25) is 0 Å². The molecule has 1 aliphatic rings. The van der Waals surface area contributed by atoms with Crippen molar-refractivity contribution >= 4 is 10.0 Å². The lowest BCUT2D eigenvalue weighted by atomic mass is 10.0. The van der Waals surface area contributed by atoms with Crippen LogP contribution in [0.25, 0.3) is 0 Å². The molecule has 0 N–H and O–H groups in total. The molecule has 0 spiro atoms. The molecule has 106 valence electrons. The Labute approximate surface area is 112 Å². The quantitative estimate of drug-likeness (QED) is 0.858. The predicted molar refractivity (Wildman–Crippen MR) is 68.2 cm³/mol. The van der Waals surface area contributed by atoms with Gasteiger partial charge in [-0.3, -0.25) is 0 Å². The second-order valence-corrected chi connectivity index (χ2v) is 6.61. The molecule has 1 aliphatic heterocycles. The summed E-state index contributed by atoms with van der Waals surface area (Å²) in [5.74, 6) is -1.65. The van der Waals surface area contributed by atoms with Crippen LogP contribution in [0.4, 0.5) is 8.78 Å². The Morgan fingerprint density at radius 3 is 2.74 bits per heavy atom. The average Bonchev–Trinajstić information content (AvgIpc) is 2.41. The van der Waals surface area contributed by atoms with Gasteiger partial charge in [-0.2, -0.15) is 4.31 Å². The van der Waals surface area contributed by atoms with Gasteiger partial charge in [-0.1, -0.05) is 13.3 Å². The Morgan fingerprint density at radius 1 is 1.32 bits per heavy atom. The molecule has 0 radical (unpaired) electrons. The second-order valence-electron chi connectivity index (χ2n) is 4.75. The Hall–Kier alpha value is -1.01. The molecule has 1 heterocycles. The summed E-state index contributed by atoms with van der Waals surface area (Å²) in [5.41, 5.74) is 0. The van der Waals surface area contributed by atoms with Gasteiger partial charge in [-0.05, 0) is 37.5 Å². The monoisotopic (exact) mass is 289 g/mol. The van der Waals surface area contributed by atoms with E-state index in [0.29, 0.717) is 13.0 Å². The number of rotatable bonds is 3. The van der Waals surface area contributed by atoms with Gasteiger partial charge < -0.3 is 0 Å². The molecule has 0 aromatic heterocycles. The van der Waals surface area contributed by atoms with E-state index in [-0.39, 0.29) is 6.04 Å². The largest absolute Gasteiger partial charge is 0.246 e. The first-order chi connectivity index (χ1) is 8.96. The Bertz CT molecular complexity index is 560. The molecule has 0 unspecified atom stereocenters. The summed E-state index contributed by atoms with van der Waals surface area (Å²) in [6.07, 6.45) is 3.17. The Morgan fingerprint density at radius 2 is 2.05 bits per heavy atom. The number of hydrogen-bond acceptors (Lipinski definition) is 2. The highest BCUT2D eigenvalue weighted by Crippen LogP contribution is 2.28. The molecule has 6 heteroatoms. The third kappa shape index (κ3) is 2.79. The van der Waals surface area contributed by atoms with Crippen LogP contribution in [0.3, 0.4) is 0 Å². The van der Waals surface area contributed by atoms with Gasteiger partial charge in [0, 0.05) is 12.6 Å². The standard InChI is InChI=1S/C13H17F2NO2S/c1-2-11-5-3-4-8-16(11)19(17,18)13-9-10(14)6-7-12(13)15/h6-7,9,11H,2-5,8H2,1H3/t11-/m1/s1. The van der Waals surface area contributed by atoms with Crippen molar-refractivity contribution < 1.29 is 17.2 Å². The summed E-state index contributed by atoms with van der Waals surface area (Å²) in [6.45, 7) is 2.28. The van der Waals surface area contributed by atoms with E-state index in [1.54, 1.807) is 0 Å². The van der Waals surface area contributed by atoms with Crippen LogP contribution in [0, 0.1) is 11.6 Å². The Kier molecular flexibility index (Phi) is 4.20. The van der Waals surface area contributed by atoms with Crippen LogP contribution in [-0.2, 0) is 10.0 Å². The van der Waals surface area contributed by atoms with E-state index in [4.69, 9.17) is 0 Å². The summed E-state index contributed by atoms with van der Waals surface area (Å²) < 4.78 is 53.1. The highest BCUT2D eigenvalue weighted by Gasteiger charge is 2.34. The van der Waals surface area contributed by atoms with Crippen LogP contribution >= 0.6 is 0 Å². The first-order valence-corrected chi connectivity index (χ1v) is 7.87. The van der Waals surface area contributed by atoms with E-state index >= 15 is 0 Å². The third-order valence-corrected chi connectivity index (χ3v) is 5.49. The zero-order valence-electron chi connectivity index (χ0n) is 10.8. The van der Waals surface area contributed by atoms with Crippen molar-refractivity contribution in [3.8, 4) is 0 Å². The maximum atomic E-state index is 13.7. The normalized spacial score (nSPS) is 21.5. The molecular weight excluding hydrogens is 272 g/mol. The van der Waals surface area contributed by atoms with Gasteiger partial charge in [0.25, 0.3) is 0 Å². The molecule has 1 aromatic carbocycles. The number of sulfonamides is 1. The molecular formula is C13H17F2NO2S. The maximum Gasteiger partial charge on any atom is 0.246 e. The number of halogens is 2. The molecule has 19 heavy (non-hydrogen) atoms. The first-order valence-electron chi connectivity index (χ1n) is 6.43. The van der Waals surface area contributed by atoms with Gasteiger partial charge >= 0.3 is 0 Å². The minimum atomic E-state index is -3.96. The highest BCUT2D eigenvalue weighted by atomic mass is 32.2. The van der Waals surface area contributed by atoms with E-state index in [1.807, 2.05) is 6.92 Å². The molecule has 3 nitrogen and oxygen atoms in total. The van der Waals surface area contributed by atoms with Crippen molar-refractivity contribution in [2.75, 3.05) is 6.54 Å². The summed E-state index contributed by atoms with van der Waals surface area (Å²) in [5, 5.41) is 0. The van der Waals surface area contributed by atoms with Crippen LogP contribution < -0.4 is 0 Å². The van der Waals surface area contributed by atoms with E-state index < -0.39 is 26.6 Å². The number of piperidine rings is 1. The fraction of sp³-hybridized carbons (Fsp3) is 0.538. The minimum absolute atomic E-state index is 0.124. The van der Waals surface area contributed by atoms with Gasteiger partial charge in [0.05, 0.1) is 0 Å². The van der Waals surface area contributed by atoms with Gasteiger partial charge in [0.2, 0.25) is 10.0 Å². The zero-order valence-corrected chi connectivity index (χ0v) is 11.6. The zero-order chi connectivity index (χ0) is 14.0. The van der Waals surface area contributed by atoms with E-state index in [1.165, 1.54) is 4.31 Å². The van der Waals surface area contributed by atoms with Crippen LogP contribution in [0.1, 0.15) is 32.6 Å². The second kappa shape index (κ2) is 5.54. The summed E-state index contributed by atoms with van der Waals surface area (Å²) in [6, 6.07) is 2.41. The molecule has 0 amide bonds. The van der Waals surface area contributed by atoms with Crippen LogP contribution in [0.15, 0.2) is 23.1 Å². The van der Waals surface area contributed by atoms with Crippen molar-refractivity contribution in [1.82, 2.24) is 4.31 Å². The van der Waals surface area contributed by atoms with Crippen molar-refractivity contribution in [1.29, 1.82) is 0 Å². The SMILES string of the molecule is CC[C@@H]1CCCCN1S(=O)(=O)c1cc(F)ccc1F. The molecule has 1 aromatic rings. The topological polar surface area (TPSA) is 37.4 Å². The lowest BCUT2D eigenvalue weighted by Gasteiger charge is -2.34. The van der Waals surface area contributed by atoms with Crippen molar-refractivity contribution in [2.45, 2.75) is 43.5 Å². The fourth-order valence-electron chi connectivity index (χ4n) is 2.50. The summed E-state index contributed by atoms with van der Waals surface area (Å²) in [7, 11) is -3.96. The smallest absolute Gasteiger partial charge is 0.207 e. The number of nitrogens with zero attached hydrogens (tertiary/aromatic N) is 1. The lowest BCUT2D eigenvalue weighted by Crippen LogP contribution is -2.43. The van der Waals surface area contributed by atoms with Gasteiger partial charge in [-0.25, -0.2) is 17.2 Å². The van der Waals surface area contributed by atoms with Crippen LogP contribution in [0.5, 0.6) is 0 Å². The third-order valence-electron chi connectivity index (χ3n) is 3.52. The summed E-state index contributed by atoms with van der Waals surface area (Å²) in [4.78, 5) is -0.562. The fourth-order valence-corrected chi connectivity index (χ4v) is 4.34. The highest BCUT2D eigenvalue weighted by molar-refractivity contribution is 7.89. The molecule has 1 fully saturated rings. The Balaban J connectivity index is 2.43. The molecule has 1 atom stereocenters. The number of hydrogen-bond donors (Lipinski definition) is 0.